The highest BCUT2D eigenvalue weighted by Gasteiger charge is 2.23. The molecular weight excluding hydrogens is 242 g/mol. The van der Waals surface area contributed by atoms with Crippen LogP contribution in [0.15, 0.2) is 18.2 Å². The second-order valence-electron chi connectivity index (χ2n) is 5.05. The first-order valence-electron chi connectivity index (χ1n) is 6.38. The zero-order valence-corrected chi connectivity index (χ0v) is 11.3. The number of hydrogen-bond acceptors (Lipinski definition) is 3. The van der Waals surface area contributed by atoms with Gasteiger partial charge in [0, 0.05) is 31.7 Å². The molecule has 5 nitrogen and oxygen atoms in total. The molecule has 2 rings (SSSR count). The Balaban J connectivity index is 1.99. The van der Waals surface area contributed by atoms with Crippen molar-refractivity contribution in [3.63, 3.8) is 0 Å². The van der Waals surface area contributed by atoms with Crippen LogP contribution in [-0.4, -0.2) is 24.9 Å². The summed E-state index contributed by atoms with van der Waals surface area (Å²) in [7, 11) is 1.78. The number of carbonyl (C=O) groups is 2. The monoisotopic (exact) mass is 261 g/mol. The van der Waals surface area contributed by atoms with Gasteiger partial charge in [-0.2, -0.15) is 0 Å². The van der Waals surface area contributed by atoms with Crippen molar-refractivity contribution in [2.24, 2.45) is 5.73 Å². The quantitative estimate of drug-likeness (QED) is 0.831. The molecule has 0 saturated carbocycles. The van der Waals surface area contributed by atoms with Gasteiger partial charge in [-0.1, -0.05) is 12.1 Å². The summed E-state index contributed by atoms with van der Waals surface area (Å²) in [6.07, 6.45) is 0.764. The minimum absolute atomic E-state index is 0.0521. The first kappa shape index (κ1) is 13.5. The maximum absolute atomic E-state index is 11.6. The number of rotatable bonds is 4. The van der Waals surface area contributed by atoms with E-state index in [2.05, 4.69) is 5.32 Å². The fourth-order valence-corrected chi connectivity index (χ4v) is 2.20. The second-order valence-corrected chi connectivity index (χ2v) is 5.05. The molecule has 1 unspecified atom stereocenters. The molecule has 1 aromatic carbocycles. The second kappa shape index (κ2) is 5.40. The first-order chi connectivity index (χ1) is 8.97. The molecule has 0 radical (unpaired) electrons. The Bertz CT molecular complexity index is 511. The SMILES string of the molecule is CC(N)CC(=O)NCc1ccc2c(c1)CC(=O)N2C. The Hall–Kier alpha value is -1.88. The van der Waals surface area contributed by atoms with Crippen LogP contribution in [0, 0.1) is 0 Å². The van der Waals surface area contributed by atoms with Crippen LogP contribution in [0.3, 0.4) is 0 Å². The van der Waals surface area contributed by atoms with E-state index in [1.54, 1.807) is 18.9 Å². The van der Waals surface area contributed by atoms with Gasteiger partial charge in [0.1, 0.15) is 0 Å². The number of benzene rings is 1. The summed E-state index contributed by atoms with van der Waals surface area (Å²) in [6.45, 7) is 2.27. The molecule has 0 spiro atoms. The summed E-state index contributed by atoms with van der Waals surface area (Å²) in [5, 5.41) is 2.83. The van der Waals surface area contributed by atoms with Crippen molar-refractivity contribution in [2.45, 2.75) is 32.4 Å². The van der Waals surface area contributed by atoms with Crippen LogP contribution in [0.1, 0.15) is 24.5 Å². The van der Waals surface area contributed by atoms with E-state index in [9.17, 15) is 9.59 Å². The predicted molar refractivity (Wildman–Crippen MR) is 73.7 cm³/mol. The van der Waals surface area contributed by atoms with Crippen molar-refractivity contribution in [1.29, 1.82) is 0 Å². The molecule has 1 atom stereocenters. The lowest BCUT2D eigenvalue weighted by atomic mass is 10.1. The normalized spacial score (nSPS) is 15.3. The average molecular weight is 261 g/mol. The van der Waals surface area contributed by atoms with Crippen LogP contribution < -0.4 is 16.0 Å². The molecule has 1 aliphatic rings. The smallest absolute Gasteiger partial charge is 0.231 e. The van der Waals surface area contributed by atoms with Crippen molar-refractivity contribution >= 4 is 17.5 Å². The Morgan fingerprint density at radius 3 is 2.95 bits per heavy atom. The summed E-state index contributed by atoms with van der Waals surface area (Å²) in [4.78, 5) is 24.7. The van der Waals surface area contributed by atoms with Crippen LogP contribution >= 0.6 is 0 Å². The Morgan fingerprint density at radius 1 is 1.53 bits per heavy atom. The third kappa shape index (κ3) is 3.12. The largest absolute Gasteiger partial charge is 0.352 e. The van der Waals surface area contributed by atoms with Crippen LogP contribution in [0.5, 0.6) is 0 Å². The van der Waals surface area contributed by atoms with Crippen LogP contribution in [0.25, 0.3) is 0 Å². The van der Waals surface area contributed by atoms with Crippen LogP contribution in [-0.2, 0) is 22.6 Å². The predicted octanol–water partition coefficient (Wildman–Crippen LogP) is 0.559. The van der Waals surface area contributed by atoms with Gasteiger partial charge in [0.25, 0.3) is 0 Å². The number of nitrogens with one attached hydrogen (secondary N) is 1. The highest BCUT2D eigenvalue weighted by molar-refractivity contribution is 6.00. The minimum atomic E-state index is -0.133. The lowest BCUT2D eigenvalue weighted by Crippen LogP contribution is -2.29. The van der Waals surface area contributed by atoms with Crippen molar-refractivity contribution in [3.8, 4) is 0 Å². The molecule has 2 amide bonds. The molecule has 0 bridgehead atoms. The van der Waals surface area contributed by atoms with Crippen molar-refractivity contribution in [3.05, 3.63) is 29.3 Å². The highest BCUT2D eigenvalue weighted by atomic mass is 16.2. The number of likely N-dealkylation sites (N-methyl/N-ethyl adjacent to an activating group) is 1. The molecule has 5 heteroatoms. The summed E-state index contributed by atoms with van der Waals surface area (Å²) in [5.41, 5.74) is 8.54. The van der Waals surface area contributed by atoms with E-state index >= 15 is 0 Å². The number of carbonyl (C=O) groups excluding carboxylic acids is 2. The molecule has 0 aromatic heterocycles. The molecule has 102 valence electrons. The van der Waals surface area contributed by atoms with Gasteiger partial charge in [-0.25, -0.2) is 0 Å². The van der Waals surface area contributed by atoms with Gasteiger partial charge >= 0.3 is 0 Å². The summed E-state index contributed by atoms with van der Waals surface area (Å²) >= 11 is 0. The molecule has 3 N–H and O–H groups in total. The van der Waals surface area contributed by atoms with E-state index in [1.165, 1.54) is 0 Å². The summed E-state index contributed by atoms with van der Waals surface area (Å²) in [5.74, 6) is 0.0526. The van der Waals surface area contributed by atoms with Gasteiger partial charge in [0.15, 0.2) is 0 Å². The number of hydrogen-bond donors (Lipinski definition) is 2. The van der Waals surface area contributed by atoms with Gasteiger partial charge < -0.3 is 16.0 Å². The molecule has 0 saturated heterocycles. The van der Waals surface area contributed by atoms with Crippen molar-refractivity contribution < 1.29 is 9.59 Å². The van der Waals surface area contributed by atoms with Gasteiger partial charge in [0.05, 0.1) is 6.42 Å². The number of nitrogens with zero attached hydrogens (tertiary/aromatic N) is 1. The van der Waals surface area contributed by atoms with Crippen molar-refractivity contribution in [1.82, 2.24) is 5.32 Å². The highest BCUT2D eigenvalue weighted by Crippen LogP contribution is 2.28. The van der Waals surface area contributed by atoms with Crippen LogP contribution in [0.2, 0.25) is 0 Å². The average Bonchev–Trinajstić information content (AvgIpc) is 2.61. The number of fused-ring (bicyclic) bond motifs is 1. The van der Waals surface area contributed by atoms with Gasteiger partial charge in [-0.3, -0.25) is 9.59 Å². The Morgan fingerprint density at radius 2 is 2.26 bits per heavy atom. The van der Waals surface area contributed by atoms with Gasteiger partial charge in [-0.15, -0.1) is 0 Å². The fourth-order valence-electron chi connectivity index (χ4n) is 2.20. The van der Waals surface area contributed by atoms with Gasteiger partial charge in [0.2, 0.25) is 11.8 Å². The fraction of sp³-hybridized carbons (Fsp3) is 0.429. The van der Waals surface area contributed by atoms with Crippen LogP contribution in [0.4, 0.5) is 5.69 Å². The molecule has 19 heavy (non-hydrogen) atoms. The molecule has 1 heterocycles. The summed E-state index contributed by atoms with van der Waals surface area (Å²) in [6, 6.07) is 5.70. The molecule has 0 fully saturated rings. The third-order valence-corrected chi connectivity index (χ3v) is 3.22. The van der Waals surface area contributed by atoms with Crippen molar-refractivity contribution in [2.75, 3.05) is 11.9 Å². The van der Waals surface area contributed by atoms with E-state index in [-0.39, 0.29) is 17.9 Å². The third-order valence-electron chi connectivity index (χ3n) is 3.22. The molecule has 0 aliphatic carbocycles. The Kier molecular flexibility index (Phi) is 3.85. The zero-order valence-electron chi connectivity index (χ0n) is 11.3. The first-order valence-corrected chi connectivity index (χ1v) is 6.38. The maximum atomic E-state index is 11.6. The van der Waals surface area contributed by atoms with E-state index < -0.39 is 0 Å². The van der Waals surface area contributed by atoms with E-state index in [1.807, 2.05) is 18.2 Å². The topological polar surface area (TPSA) is 75.4 Å². The van der Waals surface area contributed by atoms with E-state index in [0.717, 1.165) is 16.8 Å². The molecular formula is C14H19N3O2. The number of amides is 2. The van der Waals surface area contributed by atoms with Gasteiger partial charge in [-0.05, 0) is 24.1 Å². The molecule has 1 aromatic rings. The minimum Gasteiger partial charge on any atom is -0.352 e. The van der Waals surface area contributed by atoms with E-state index in [0.29, 0.717) is 19.4 Å². The zero-order chi connectivity index (χ0) is 14.0. The lowest BCUT2D eigenvalue weighted by molar-refractivity contribution is -0.121. The molecule has 1 aliphatic heterocycles. The maximum Gasteiger partial charge on any atom is 0.231 e. The summed E-state index contributed by atoms with van der Waals surface area (Å²) < 4.78 is 0. The number of nitrogens with two attached hydrogens (primary N) is 1. The lowest BCUT2D eigenvalue weighted by Gasteiger charge is -2.11. The van der Waals surface area contributed by atoms with E-state index in [4.69, 9.17) is 5.73 Å². The Labute approximate surface area is 112 Å². The standard InChI is InChI=1S/C14H19N3O2/c1-9(15)5-13(18)16-8-10-3-4-12-11(6-10)7-14(19)17(12)2/h3-4,6,9H,5,7-8,15H2,1-2H3,(H,16,18). The number of anilines is 1.